The van der Waals surface area contributed by atoms with Crippen molar-refractivity contribution in [2.75, 3.05) is 26.2 Å². The molecule has 30 heavy (non-hydrogen) atoms. The number of hydrogen-bond acceptors (Lipinski definition) is 8. The molecule has 0 radical (unpaired) electrons. The average molecular weight is 409 g/mol. The largest absolute Gasteiger partial charge is 0.335 e. The summed E-state index contributed by atoms with van der Waals surface area (Å²) in [6.07, 6.45) is 17.1. The van der Waals surface area contributed by atoms with Crippen molar-refractivity contribution in [2.24, 2.45) is 0 Å². The average Bonchev–Trinajstić information content (AvgIpc) is 3.56. The van der Waals surface area contributed by atoms with Gasteiger partial charge in [0.05, 0.1) is 5.54 Å². The summed E-state index contributed by atoms with van der Waals surface area (Å²) in [6, 6.07) is 0. The van der Waals surface area contributed by atoms with Crippen LogP contribution in [0, 0.1) is 11.8 Å². The first-order chi connectivity index (χ1) is 14.8. The fourth-order valence-corrected chi connectivity index (χ4v) is 5.61. The molecule has 6 rings (SSSR count). The Morgan fingerprint density at radius 3 is 2.17 bits per heavy atom. The summed E-state index contributed by atoms with van der Waals surface area (Å²) in [5.74, 6) is 7.38. The lowest BCUT2D eigenvalue weighted by atomic mass is 9.93. The van der Waals surface area contributed by atoms with E-state index in [4.69, 9.17) is 9.05 Å². The van der Waals surface area contributed by atoms with E-state index in [1.165, 1.54) is 90.2 Å². The fourth-order valence-electron chi connectivity index (χ4n) is 5.61. The molecule has 0 aliphatic carbocycles. The molecule has 4 aliphatic heterocycles. The predicted molar refractivity (Wildman–Crippen MR) is 110 cm³/mol. The van der Waals surface area contributed by atoms with Gasteiger partial charge in [-0.2, -0.15) is 9.97 Å². The molecule has 2 aromatic heterocycles. The van der Waals surface area contributed by atoms with Gasteiger partial charge >= 0.3 is 5.89 Å². The van der Waals surface area contributed by atoms with E-state index in [2.05, 4.69) is 48.0 Å². The number of fused-ring (bicyclic) bond motifs is 2. The Hall–Kier alpha value is -2.50. The molecule has 4 aliphatic rings. The summed E-state index contributed by atoms with van der Waals surface area (Å²) in [5.41, 5.74) is 0.420. The van der Waals surface area contributed by atoms with E-state index in [9.17, 15) is 0 Å². The van der Waals surface area contributed by atoms with Gasteiger partial charge < -0.3 is 9.05 Å². The smallest absolute Gasteiger partial charge is 0.302 e. The monoisotopic (exact) mass is 408 g/mol. The lowest BCUT2D eigenvalue weighted by Gasteiger charge is -2.28. The number of rotatable bonds is 2. The Morgan fingerprint density at radius 1 is 0.833 bits per heavy atom. The third-order valence-electron chi connectivity index (χ3n) is 7.03. The van der Waals surface area contributed by atoms with Gasteiger partial charge in [-0.3, -0.25) is 9.80 Å². The maximum Gasteiger partial charge on any atom is 0.302 e. The van der Waals surface area contributed by atoms with Crippen LogP contribution < -0.4 is 0 Å². The standard InChI is InChI=1S/C11H15N3O.C11H13N3O/c2*1-4-11(5-2-8-14(11)7-1)6-3-10-12-9-13-15-10/h3,6,9H,1-2,4-5,7-8H2;9H,1-2,4-5,7-8H2. The number of nitrogens with zero attached hydrogens (tertiary/aromatic N) is 6. The van der Waals surface area contributed by atoms with Crippen LogP contribution >= 0.6 is 0 Å². The van der Waals surface area contributed by atoms with Crippen LogP contribution in [0.4, 0.5) is 0 Å². The molecule has 0 bridgehead atoms. The van der Waals surface area contributed by atoms with Crippen molar-refractivity contribution in [3.8, 4) is 11.8 Å². The Kier molecular flexibility index (Phi) is 5.40. The zero-order valence-corrected chi connectivity index (χ0v) is 17.3. The highest BCUT2D eigenvalue weighted by Gasteiger charge is 2.43. The van der Waals surface area contributed by atoms with Gasteiger partial charge in [0.15, 0.2) is 12.7 Å². The molecule has 8 heteroatoms. The van der Waals surface area contributed by atoms with Gasteiger partial charge in [0.25, 0.3) is 0 Å². The van der Waals surface area contributed by atoms with E-state index in [0.29, 0.717) is 17.3 Å². The number of hydrogen-bond donors (Lipinski definition) is 0. The minimum Gasteiger partial charge on any atom is -0.335 e. The Bertz CT molecular complexity index is 891. The van der Waals surface area contributed by atoms with E-state index >= 15 is 0 Å². The highest BCUT2D eigenvalue weighted by Crippen LogP contribution is 2.40. The number of aromatic nitrogens is 4. The molecule has 4 saturated heterocycles. The summed E-state index contributed by atoms with van der Waals surface area (Å²) >= 11 is 0. The molecule has 0 unspecified atom stereocenters. The highest BCUT2D eigenvalue weighted by atomic mass is 16.5. The van der Waals surface area contributed by atoms with Gasteiger partial charge in [0.1, 0.15) is 0 Å². The second kappa shape index (κ2) is 8.32. The first-order valence-electron chi connectivity index (χ1n) is 11.0. The fraction of sp³-hybridized carbons (Fsp3) is 0.636. The Labute approximate surface area is 176 Å². The van der Waals surface area contributed by atoms with E-state index in [-0.39, 0.29) is 5.54 Å². The molecule has 8 nitrogen and oxygen atoms in total. The molecule has 0 amide bonds. The normalized spacial score (nSPS) is 24.3. The van der Waals surface area contributed by atoms with Crippen LogP contribution in [-0.4, -0.2) is 67.3 Å². The van der Waals surface area contributed by atoms with Crippen molar-refractivity contribution in [2.45, 2.75) is 62.4 Å². The van der Waals surface area contributed by atoms with E-state index in [1.807, 2.05) is 6.08 Å². The van der Waals surface area contributed by atoms with Crippen LogP contribution in [0.2, 0.25) is 0 Å². The Balaban J connectivity index is 0.000000128. The molecule has 0 aromatic carbocycles. The molecule has 2 aromatic rings. The topological polar surface area (TPSA) is 84.3 Å². The van der Waals surface area contributed by atoms with Gasteiger partial charge in [-0.05, 0) is 83.5 Å². The maximum absolute atomic E-state index is 4.97. The van der Waals surface area contributed by atoms with Crippen molar-refractivity contribution in [1.29, 1.82) is 0 Å². The molecule has 0 spiro atoms. The third-order valence-corrected chi connectivity index (χ3v) is 7.03. The lowest BCUT2D eigenvalue weighted by Crippen LogP contribution is -2.36. The predicted octanol–water partition coefficient (Wildman–Crippen LogP) is 2.76. The zero-order chi connectivity index (χ0) is 20.3. The summed E-state index contributed by atoms with van der Waals surface area (Å²) < 4.78 is 9.86. The summed E-state index contributed by atoms with van der Waals surface area (Å²) in [4.78, 5) is 13.0. The van der Waals surface area contributed by atoms with Crippen molar-refractivity contribution in [3.63, 3.8) is 0 Å². The van der Waals surface area contributed by atoms with Crippen LogP contribution in [0.5, 0.6) is 0 Å². The second-order valence-corrected chi connectivity index (χ2v) is 8.63. The van der Waals surface area contributed by atoms with Gasteiger partial charge in [0, 0.05) is 11.6 Å². The van der Waals surface area contributed by atoms with Crippen LogP contribution in [-0.2, 0) is 0 Å². The van der Waals surface area contributed by atoms with E-state index in [1.54, 1.807) is 0 Å². The molecule has 4 fully saturated rings. The molecule has 0 atom stereocenters. The van der Waals surface area contributed by atoms with Crippen molar-refractivity contribution in [3.05, 3.63) is 30.5 Å². The molecule has 0 saturated carbocycles. The Morgan fingerprint density at radius 2 is 1.50 bits per heavy atom. The molecule has 0 N–H and O–H groups in total. The van der Waals surface area contributed by atoms with Gasteiger partial charge in [-0.15, -0.1) is 0 Å². The quantitative estimate of drug-likeness (QED) is 0.702. The minimum atomic E-state index is 0.120. The van der Waals surface area contributed by atoms with Crippen LogP contribution in [0.15, 0.2) is 27.8 Å². The maximum atomic E-state index is 4.97. The van der Waals surface area contributed by atoms with Crippen LogP contribution in [0.3, 0.4) is 0 Å². The summed E-state index contributed by atoms with van der Waals surface area (Å²) in [5, 5.41) is 7.15. The van der Waals surface area contributed by atoms with Gasteiger partial charge in [0.2, 0.25) is 5.89 Å². The second-order valence-electron chi connectivity index (χ2n) is 8.63. The van der Waals surface area contributed by atoms with Crippen molar-refractivity contribution < 1.29 is 9.05 Å². The SMILES string of the molecule is C(#CC12CCCN1CCC2)c1ncno1.C(=CC12CCCN1CCC2)c1ncno1. The first kappa shape index (κ1) is 19.5. The van der Waals surface area contributed by atoms with E-state index in [0.717, 1.165) is 0 Å². The molecule has 6 heterocycles. The van der Waals surface area contributed by atoms with Crippen LogP contribution in [0.1, 0.15) is 63.1 Å². The first-order valence-corrected chi connectivity index (χ1v) is 11.0. The molecule has 158 valence electrons. The van der Waals surface area contributed by atoms with Gasteiger partial charge in [-0.1, -0.05) is 22.3 Å². The lowest BCUT2D eigenvalue weighted by molar-refractivity contribution is 0.251. The van der Waals surface area contributed by atoms with Crippen molar-refractivity contribution in [1.82, 2.24) is 30.1 Å². The summed E-state index contributed by atoms with van der Waals surface area (Å²) in [7, 11) is 0. The van der Waals surface area contributed by atoms with E-state index < -0.39 is 0 Å². The van der Waals surface area contributed by atoms with Crippen LogP contribution in [0.25, 0.3) is 6.08 Å². The molecular weight excluding hydrogens is 380 g/mol. The summed E-state index contributed by atoms with van der Waals surface area (Å²) in [6.45, 7) is 4.87. The van der Waals surface area contributed by atoms with Gasteiger partial charge in [-0.25, -0.2) is 0 Å². The minimum absolute atomic E-state index is 0.120. The third kappa shape index (κ3) is 3.80. The van der Waals surface area contributed by atoms with Crippen molar-refractivity contribution >= 4 is 6.08 Å². The zero-order valence-electron chi connectivity index (χ0n) is 17.3. The molecular formula is C22H28N6O2. The highest BCUT2D eigenvalue weighted by molar-refractivity contribution is 5.41.